The van der Waals surface area contributed by atoms with Crippen LogP contribution in [-0.2, 0) is 17.7 Å². The summed E-state index contributed by atoms with van der Waals surface area (Å²) in [6.45, 7) is 8.38. The molecule has 9 heteroatoms. The minimum Gasteiger partial charge on any atom is -0.444 e. The molecular weight excluding hydrogens is 422 g/mol. The van der Waals surface area contributed by atoms with Gasteiger partial charge in [0, 0.05) is 44.9 Å². The number of piperazine rings is 1. The van der Waals surface area contributed by atoms with E-state index in [1.54, 1.807) is 17.2 Å². The minimum atomic E-state index is -0.521. The Morgan fingerprint density at radius 3 is 2.48 bits per heavy atom. The predicted molar refractivity (Wildman–Crippen MR) is 122 cm³/mol. The van der Waals surface area contributed by atoms with E-state index < -0.39 is 5.60 Å². The molecule has 174 valence electrons. The van der Waals surface area contributed by atoms with Crippen molar-refractivity contribution >= 4 is 17.8 Å². The third-order valence-electron chi connectivity index (χ3n) is 5.27. The first-order valence-electron chi connectivity index (χ1n) is 11.0. The van der Waals surface area contributed by atoms with Crippen molar-refractivity contribution in [2.45, 2.75) is 39.3 Å². The predicted octanol–water partition coefficient (Wildman–Crippen LogP) is 3.40. The van der Waals surface area contributed by atoms with Gasteiger partial charge in [0.1, 0.15) is 5.60 Å². The molecule has 0 N–H and O–H groups in total. The highest BCUT2D eigenvalue weighted by molar-refractivity contribution is 5.96. The number of aromatic nitrogens is 3. The highest BCUT2D eigenvalue weighted by Crippen LogP contribution is 2.20. The number of ketones is 1. The number of benzene rings is 1. The largest absolute Gasteiger partial charge is 0.444 e. The summed E-state index contributed by atoms with van der Waals surface area (Å²) < 4.78 is 12.7. The van der Waals surface area contributed by atoms with Crippen molar-refractivity contribution in [1.82, 2.24) is 19.8 Å². The van der Waals surface area contributed by atoms with Crippen LogP contribution in [0.25, 0.3) is 0 Å². The minimum absolute atomic E-state index is 0.128. The van der Waals surface area contributed by atoms with E-state index in [1.165, 1.54) is 0 Å². The molecule has 2 aromatic heterocycles. The van der Waals surface area contributed by atoms with E-state index in [0.29, 0.717) is 38.6 Å². The molecule has 3 aromatic rings. The fourth-order valence-electron chi connectivity index (χ4n) is 3.61. The molecule has 0 radical (unpaired) electrons. The number of hydrogen-bond donors (Lipinski definition) is 0. The van der Waals surface area contributed by atoms with Crippen LogP contribution in [0, 0.1) is 0 Å². The molecule has 1 aliphatic rings. The van der Waals surface area contributed by atoms with Gasteiger partial charge in [-0.3, -0.25) is 9.48 Å². The molecule has 1 aliphatic heterocycles. The molecule has 0 atom stereocenters. The maximum absolute atomic E-state index is 12.7. The average molecular weight is 452 g/mol. The molecule has 1 fully saturated rings. The fourth-order valence-corrected chi connectivity index (χ4v) is 3.61. The van der Waals surface area contributed by atoms with E-state index >= 15 is 0 Å². The van der Waals surface area contributed by atoms with Gasteiger partial charge in [0.2, 0.25) is 5.88 Å². The van der Waals surface area contributed by atoms with Gasteiger partial charge in [0.25, 0.3) is 0 Å². The Morgan fingerprint density at radius 2 is 1.79 bits per heavy atom. The van der Waals surface area contributed by atoms with E-state index in [-0.39, 0.29) is 24.0 Å². The molecule has 0 unspecified atom stereocenters. The molecule has 1 amide bonds. The summed E-state index contributed by atoms with van der Waals surface area (Å²) in [5.41, 5.74) is 1.74. The van der Waals surface area contributed by atoms with Crippen LogP contribution in [-0.4, -0.2) is 63.5 Å². The third-order valence-corrected chi connectivity index (χ3v) is 5.27. The summed E-state index contributed by atoms with van der Waals surface area (Å²) in [5.74, 6) is 0.401. The van der Waals surface area contributed by atoms with Crippen molar-refractivity contribution in [1.29, 1.82) is 0 Å². The van der Waals surface area contributed by atoms with Gasteiger partial charge in [-0.05, 0) is 31.9 Å². The van der Waals surface area contributed by atoms with Gasteiger partial charge >= 0.3 is 6.09 Å². The van der Waals surface area contributed by atoms with Gasteiger partial charge in [0.05, 0.1) is 12.7 Å². The Kier molecular flexibility index (Phi) is 6.48. The second-order valence-electron chi connectivity index (χ2n) is 9.14. The first kappa shape index (κ1) is 22.6. The van der Waals surface area contributed by atoms with Crippen molar-refractivity contribution in [2.24, 2.45) is 0 Å². The topological polar surface area (TPSA) is 93.7 Å². The normalized spacial score (nSPS) is 14.4. The molecule has 9 nitrogen and oxygen atoms in total. The van der Waals surface area contributed by atoms with Crippen molar-refractivity contribution in [3.8, 4) is 0 Å². The Morgan fingerprint density at radius 1 is 1.06 bits per heavy atom. The molecule has 0 spiro atoms. The number of anilines is 1. The zero-order valence-corrected chi connectivity index (χ0v) is 19.2. The highest BCUT2D eigenvalue weighted by Gasteiger charge is 2.27. The maximum atomic E-state index is 12.7. The van der Waals surface area contributed by atoms with Crippen LogP contribution in [0.1, 0.15) is 42.4 Å². The SMILES string of the molecule is CC(C)(C)OC(=O)N1CCN(c2cc(C(=O)Cc3cnn(Cc4ccccc4)c3)no2)CC1. The molecule has 0 bridgehead atoms. The summed E-state index contributed by atoms with van der Waals surface area (Å²) in [6, 6.07) is 11.7. The van der Waals surface area contributed by atoms with Crippen molar-refractivity contribution in [2.75, 3.05) is 31.1 Å². The number of ether oxygens (including phenoxy) is 1. The first-order valence-corrected chi connectivity index (χ1v) is 11.0. The molecule has 0 aliphatic carbocycles. The van der Waals surface area contributed by atoms with Crippen LogP contribution >= 0.6 is 0 Å². The van der Waals surface area contributed by atoms with E-state index in [0.717, 1.165) is 11.1 Å². The number of carbonyl (C=O) groups is 2. The van der Waals surface area contributed by atoms with Crippen LogP contribution in [0.15, 0.2) is 53.3 Å². The van der Waals surface area contributed by atoms with Crippen LogP contribution < -0.4 is 4.90 Å². The number of nitrogens with zero attached hydrogens (tertiary/aromatic N) is 5. The van der Waals surface area contributed by atoms with Crippen LogP contribution in [0.4, 0.5) is 10.7 Å². The van der Waals surface area contributed by atoms with E-state index in [1.807, 2.05) is 66.9 Å². The van der Waals surface area contributed by atoms with Crippen LogP contribution in [0.3, 0.4) is 0 Å². The highest BCUT2D eigenvalue weighted by atomic mass is 16.6. The van der Waals surface area contributed by atoms with Crippen LogP contribution in [0.2, 0.25) is 0 Å². The summed E-state index contributed by atoms with van der Waals surface area (Å²) in [6.07, 6.45) is 3.47. The Balaban J connectivity index is 1.30. The molecule has 1 aromatic carbocycles. The number of Topliss-reactive ketones (excluding diaryl/α,β-unsaturated/α-hetero) is 1. The van der Waals surface area contributed by atoms with Crippen molar-refractivity contribution in [3.05, 3.63) is 65.6 Å². The molecule has 3 heterocycles. The smallest absolute Gasteiger partial charge is 0.410 e. The van der Waals surface area contributed by atoms with E-state index in [9.17, 15) is 9.59 Å². The summed E-state index contributed by atoms with van der Waals surface area (Å²) in [7, 11) is 0. The summed E-state index contributed by atoms with van der Waals surface area (Å²) in [4.78, 5) is 28.6. The Labute approximate surface area is 192 Å². The van der Waals surface area contributed by atoms with Crippen molar-refractivity contribution in [3.63, 3.8) is 0 Å². The van der Waals surface area contributed by atoms with Gasteiger partial charge in [0.15, 0.2) is 11.5 Å². The number of carbonyl (C=O) groups excluding carboxylic acids is 2. The lowest BCUT2D eigenvalue weighted by Crippen LogP contribution is -2.50. The number of amides is 1. The van der Waals surface area contributed by atoms with E-state index in [2.05, 4.69) is 10.3 Å². The third kappa shape index (κ3) is 6.00. The van der Waals surface area contributed by atoms with Gasteiger partial charge in [-0.1, -0.05) is 35.5 Å². The van der Waals surface area contributed by atoms with Gasteiger partial charge < -0.3 is 19.1 Å². The first-order chi connectivity index (χ1) is 15.8. The van der Waals surface area contributed by atoms with Crippen LogP contribution in [0.5, 0.6) is 0 Å². The number of rotatable bonds is 6. The van der Waals surface area contributed by atoms with Gasteiger partial charge in [-0.2, -0.15) is 5.10 Å². The molecular formula is C24H29N5O4. The Hall–Kier alpha value is -3.62. The monoisotopic (exact) mass is 451 g/mol. The summed E-state index contributed by atoms with van der Waals surface area (Å²) in [5, 5.41) is 8.32. The quantitative estimate of drug-likeness (QED) is 0.530. The van der Waals surface area contributed by atoms with Gasteiger partial charge in [-0.25, -0.2) is 4.79 Å². The second-order valence-corrected chi connectivity index (χ2v) is 9.14. The standard InChI is InChI=1S/C24H29N5O4/c1-24(2,3)32-23(31)28-11-9-27(10-12-28)22-14-20(26-33-22)21(30)13-19-15-25-29(17-19)16-18-7-5-4-6-8-18/h4-8,14-15,17H,9-13,16H2,1-3H3. The zero-order chi connectivity index (χ0) is 23.4. The van der Waals surface area contributed by atoms with Gasteiger partial charge in [-0.15, -0.1) is 0 Å². The number of hydrogen-bond acceptors (Lipinski definition) is 7. The zero-order valence-electron chi connectivity index (χ0n) is 19.2. The second kappa shape index (κ2) is 9.48. The molecule has 4 rings (SSSR count). The molecule has 1 saturated heterocycles. The summed E-state index contributed by atoms with van der Waals surface area (Å²) >= 11 is 0. The lowest BCUT2D eigenvalue weighted by Gasteiger charge is -2.35. The fraction of sp³-hybridized carbons (Fsp3) is 0.417. The lowest BCUT2D eigenvalue weighted by molar-refractivity contribution is 0.0239. The maximum Gasteiger partial charge on any atom is 0.410 e. The lowest BCUT2D eigenvalue weighted by atomic mass is 10.1. The average Bonchev–Trinajstić information content (AvgIpc) is 3.43. The Bertz CT molecular complexity index is 1090. The molecule has 0 saturated carbocycles. The van der Waals surface area contributed by atoms with E-state index in [4.69, 9.17) is 9.26 Å². The van der Waals surface area contributed by atoms with Crippen molar-refractivity contribution < 1.29 is 18.8 Å². The molecule has 33 heavy (non-hydrogen) atoms.